The largest absolute Gasteiger partial charge is 0.474 e. The molecule has 5 heterocycles. The Bertz CT molecular complexity index is 1860. The lowest BCUT2D eigenvalue weighted by molar-refractivity contribution is -0.167. The molecule has 2 aromatic heterocycles. The zero-order valence-corrected chi connectivity index (χ0v) is 30.1. The molecule has 2 fully saturated rings. The van der Waals surface area contributed by atoms with Gasteiger partial charge in [-0.25, -0.2) is 0 Å². The molecule has 4 atom stereocenters. The van der Waals surface area contributed by atoms with Gasteiger partial charge < -0.3 is 24.5 Å². The number of alkyl halides is 6. The highest BCUT2D eigenvalue weighted by Gasteiger charge is 2.58. The van der Waals surface area contributed by atoms with E-state index in [-0.39, 0.29) is 56.1 Å². The maximum Gasteiger partial charge on any atom is 0.425 e. The zero-order valence-electron chi connectivity index (χ0n) is 28.6. The summed E-state index contributed by atoms with van der Waals surface area (Å²) in [6.45, 7) is 1.91. The van der Waals surface area contributed by atoms with Crippen LogP contribution in [-0.2, 0) is 28.4 Å². The number of carbonyl (C=O) groups is 3. The summed E-state index contributed by atoms with van der Waals surface area (Å²) in [6.07, 6.45) is -7.98. The minimum atomic E-state index is -4.94. The van der Waals surface area contributed by atoms with Crippen LogP contribution in [-0.4, -0.2) is 86.4 Å². The first-order chi connectivity index (χ1) is 25.0. The van der Waals surface area contributed by atoms with Crippen molar-refractivity contribution < 1.29 is 50.6 Å². The summed E-state index contributed by atoms with van der Waals surface area (Å²) in [5.74, 6) is -2.76. The zero-order chi connectivity index (χ0) is 38.3. The lowest BCUT2D eigenvalue weighted by atomic mass is 9.78. The molecule has 1 aromatic carbocycles. The number of carbonyl (C=O) groups excluding carboxylic acids is 3. The lowest BCUT2D eigenvalue weighted by Gasteiger charge is -2.51. The van der Waals surface area contributed by atoms with Gasteiger partial charge in [0.25, 0.3) is 11.8 Å². The number of piperidine rings is 2. The molecular formula is C36H37ClF6N4O5S. The number of β-amino-alcohol motifs (C(OH)–C–C–N with tert-alkyl or cyclic N) is 1. The van der Waals surface area contributed by atoms with Gasteiger partial charge in [0.2, 0.25) is 11.5 Å². The third-order valence-corrected chi connectivity index (χ3v) is 11.2. The SMILES string of the molecule is CCC[C@H]1N(C(=O)c2ncccc2C(F)(F)F)CCC[C@@]1(Oc1csc(C(F)(F)F)c1)C(=O)N1CCc2ccc(Cl)cc2[C@@H]1C(=O)N1CCC[C@@H](O)C1. The summed E-state index contributed by atoms with van der Waals surface area (Å²) in [7, 11) is 0. The number of hydrogen-bond acceptors (Lipinski definition) is 7. The molecule has 0 unspecified atom stereocenters. The molecule has 2 saturated heterocycles. The summed E-state index contributed by atoms with van der Waals surface area (Å²) >= 11 is 6.75. The number of likely N-dealkylation sites (tertiary alicyclic amines) is 2. The number of benzene rings is 1. The van der Waals surface area contributed by atoms with E-state index in [0.717, 1.165) is 40.2 Å². The monoisotopic (exact) mass is 786 g/mol. The van der Waals surface area contributed by atoms with Gasteiger partial charge in [0, 0.05) is 55.3 Å². The second-order valence-electron chi connectivity index (χ2n) is 13.5. The van der Waals surface area contributed by atoms with E-state index in [1.165, 1.54) is 9.80 Å². The van der Waals surface area contributed by atoms with Crippen LogP contribution in [0.3, 0.4) is 0 Å². The number of halogens is 7. The van der Waals surface area contributed by atoms with E-state index in [2.05, 4.69) is 4.98 Å². The maximum atomic E-state index is 15.5. The van der Waals surface area contributed by atoms with Crippen molar-refractivity contribution in [3.63, 3.8) is 0 Å². The van der Waals surface area contributed by atoms with Crippen molar-refractivity contribution in [2.75, 3.05) is 26.2 Å². The van der Waals surface area contributed by atoms with Gasteiger partial charge in [0.05, 0.1) is 17.7 Å². The Hall–Kier alpha value is -3.89. The summed E-state index contributed by atoms with van der Waals surface area (Å²) in [5, 5.41) is 11.8. The first-order valence-corrected chi connectivity index (χ1v) is 18.5. The van der Waals surface area contributed by atoms with E-state index in [1.54, 1.807) is 25.1 Å². The summed E-state index contributed by atoms with van der Waals surface area (Å²) in [4.78, 5) is 50.7. The molecule has 0 bridgehead atoms. The van der Waals surface area contributed by atoms with Gasteiger partial charge in [-0.3, -0.25) is 19.4 Å². The molecule has 1 N–H and O–H groups in total. The molecule has 3 aliphatic heterocycles. The first-order valence-electron chi connectivity index (χ1n) is 17.3. The third kappa shape index (κ3) is 7.72. The molecule has 53 heavy (non-hydrogen) atoms. The number of thiophene rings is 1. The molecule has 17 heteroatoms. The van der Waals surface area contributed by atoms with Crippen LogP contribution in [0.5, 0.6) is 5.75 Å². The van der Waals surface area contributed by atoms with Crippen molar-refractivity contribution in [2.24, 2.45) is 0 Å². The summed E-state index contributed by atoms with van der Waals surface area (Å²) < 4.78 is 90.2. The van der Waals surface area contributed by atoms with Crippen LogP contribution >= 0.6 is 22.9 Å². The van der Waals surface area contributed by atoms with Crippen LogP contribution in [0.2, 0.25) is 5.02 Å². The molecule has 9 nitrogen and oxygen atoms in total. The van der Waals surface area contributed by atoms with Crippen molar-refractivity contribution in [1.29, 1.82) is 0 Å². The molecule has 3 amide bonds. The van der Waals surface area contributed by atoms with E-state index >= 15 is 4.79 Å². The standard InChI is InChI=1S/C36H37ClF6N4O5S/c1-2-6-27-34(52-24-18-28(53-20-24)36(41,42)43,12-5-15-46(27)31(49)29-26(35(38,39)40)8-3-13-44-29)33(51)47-16-11-21-9-10-22(37)17-25(21)30(47)32(50)45-14-4-7-23(48)19-45/h3,8-10,13,17-18,20,23,27,30,48H,2,4-7,11-12,14-16,19H2,1H3/t23-,27-,30-,34+/m1/s1. The summed E-state index contributed by atoms with van der Waals surface area (Å²) in [6, 6.07) is 4.91. The second kappa shape index (κ2) is 15.1. The molecule has 0 spiro atoms. The highest BCUT2D eigenvalue weighted by molar-refractivity contribution is 7.10. The van der Waals surface area contributed by atoms with Crippen LogP contribution in [0.25, 0.3) is 0 Å². The summed E-state index contributed by atoms with van der Waals surface area (Å²) in [5.41, 5.74) is -3.16. The Balaban J connectivity index is 1.49. The van der Waals surface area contributed by atoms with Gasteiger partial charge in [-0.1, -0.05) is 31.0 Å². The van der Waals surface area contributed by atoms with Crippen LogP contribution in [0.1, 0.15) is 83.5 Å². The van der Waals surface area contributed by atoms with E-state index < -0.39 is 70.0 Å². The fourth-order valence-electron chi connectivity index (χ4n) is 7.72. The topological polar surface area (TPSA) is 103 Å². The van der Waals surface area contributed by atoms with Gasteiger partial charge in [-0.05, 0) is 67.5 Å². The molecule has 0 aliphatic carbocycles. The van der Waals surface area contributed by atoms with Crippen LogP contribution < -0.4 is 4.74 Å². The highest BCUT2D eigenvalue weighted by Crippen LogP contribution is 2.45. The smallest absolute Gasteiger partial charge is 0.425 e. The minimum absolute atomic E-state index is 0.00904. The van der Waals surface area contributed by atoms with Crippen molar-refractivity contribution >= 4 is 40.7 Å². The number of aliphatic hydroxyl groups is 1. The third-order valence-electron chi connectivity index (χ3n) is 10.1. The molecule has 0 radical (unpaired) electrons. The van der Waals surface area contributed by atoms with Gasteiger partial charge in [-0.15, -0.1) is 11.3 Å². The van der Waals surface area contributed by atoms with Crippen molar-refractivity contribution in [1.82, 2.24) is 19.7 Å². The lowest BCUT2D eigenvalue weighted by Crippen LogP contribution is -2.69. The molecule has 3 aromatic rings. The molecular weight excluding hydrogens is 750 g/mol. The number of hydrogen-bond donors (Lipinski definition) is 1. The van der Waals surface area contributed by atoms with Crippen molar-refractivity contribution in [2.45, 2.75) is 88.0 Å². The quantitative estimate of drug-likeness (QED) is 0.255. The maximum absolute atomic E-state index is 15.5. The number of aromatic nitrogens is 1. The normalized spacial score (nSPS) is 23.8. The molecule has 0 saturated carbocycles. The number of amides is 3. The number of ether oxygens (including phenoxy) is 1. The molecule has 286 valence electrons. The number of rotatable bonds is 7. The van der Waals surface area contributed by atoms with Gasteiger partial charge >= 0.3 is 12.4 Å². The average Bonchev–Trinajstić information content (AvgIpc) is 3.60. The highest BCUT2D eigenvalue weighted by atomic mass is 35.5. The molecule has 6 rings (SSSR count). The number of aliphatic hydroxyl groups excluding tert-OH is 1. The fraction of sp³-hybridized carbons (Fsp3) is 0.500. The number of nitrogens with zero attached hydrogens (tertiary/aromatic N) is 4. The number of pyridine rings is 1. The van der Waals surface area contributed by atoms with E-state index in [0.29, 0.717) is 42.7 Å². The van der Waals surface area contributed by atoms with Gasteiger partial charge in [0.15, 0.2) is 0 Å². The van der Waals surface area contributed by atoms with Crippen molar-refractivity contribution in [3.8, 4) is 5.75 Å². The predicted molar refractivity (Wildman–Crippen MR) is 182 cm³/mol. The van der Waals surface area contributed by atoms with Crippen LogP contribution in [0.4, 0.5) is 26.3 Å². The Morgan fingerprint density at radius 3 is 2.49 bits per heavy atom. The Labute approximate surface area is 310 Å². The van der Waals surface area contributed by atoms with Crippen molar-refractivity contribution in [3.05, 3.63) is 80.3 Å². The second-order valence-corrected chi connectivity index (χ2v) is 14.9. The Morgan fingerprint density at radius 2 is 1.81 bits per heavy atom. The van der Waals surface area contributed by atoms with E-state index in [1.807, 2.05) is 0 Å². The van der Waals surface area contributed by atoms with E-state index in [9.17, 15) is 41.0 Å². The first kappa shape index (κ1) is 38.8. The predicted octanol–water partition coefficient (Wildman–Crippen LogP) is 7.17. The van der Waals surface area contributed by atoms with Gasteiger partial charge in [-0.2, -0.15) is 26.3 Å². The Kier molecular flexibility index (Phi) is 11.1. The number of fused-ring (bicyclic) bond motifs is 1. The Morgan fingerprint density at radius 1 is 1.04 bits per heavy atom. The van der Waals surface area contributed by atoms with Crippen LogP contribution in [0.15, 0.2) is 48.0 Å². The van der Waals surface area contributed by atoms with E-state index in [4.69, 9.17) is 16.3 Å². The van der Waals surface area contributed by atoms with Gasteiger partial charge in [0.1, 0.15) is 22.4 Å². The van der Waals surface area contributed by atoms with Crippen LogP contribution in [0, 0.1) is 0 Å². The molecule has 3 aliphatic rings. The average molecular weight is 787 g/mol. The fourth-order valence-corrected chi connectivity index (χ4v) is 8.58. The minimum Gasteiger partial charge on any atom is -0.474 e.